The number of ether oxygens (including phenoxy) is 1. The number of nitrogens with one attached hydrogen (secondary N) is 2. The van der Waals surface area contributed by atoms with Crippen molar-refractivity contribution in [2.45, 2.75) is 11.4 Å². The molecule has 0 aliphatic carbocycles. The van der Waals surface area contributed by atoms with Crippen molar-refractivity contribution in [3.63, 3.8) is 0 Å². The number of hydrogen-bond acceptors (Lipinski definition) is 5. The minimum Gasteiger partial charge on any atom is -0.439 e. The van der Waals surface area contributed by atoms with Crippen LogP contribution in [0.3, 0.4) is 0 Å². The van der Waals surface area contributed by atoms with Crippen molar-refractivity contribution < 1.29 is 22.3 Å². The average Bonchev–Trinajstić information content (AvgIpc) is 2.84. The molecule has 0 bridgehead atoms. The van der Waals surface area contributed by atoms with Crippen molar-refractivity contribution in [1.82, 2.24) is 10.3 Å². The highest BCUT2D eigenvalue weighted by Gasteiger charge is 2.18. The molecule has 1 aromatic heterocycles. The Morgan fingerprint density at radius 3 is 2.41 bits per heavy atom. The molecule has 2 N–H and O–H groups in total. The molecule has 4 rings (SSSR count). The van der Waals surface area contributed by atoms with Gasteiger partial charge in [0.15, 0.2) is 0 Å². The van der Waals surface area contributed by atoms with E-state index in [0.29, 0.717) is 17.2 Å². The molecule has 1 amide bonds. The molecule has 0 saturated heterocycles. The van der Waals surface area contributed by atoms with Crippen molar-refractivity contribution in [3.8, 4) is 11.6 Å². The van der Waals surface area contributed by atoms with Crippen LogP contribution in [0.15, 0.2) is 102 Å². The molecule has 0 spiro atoms. The molecule has 0 atom stereocenters. The third kappa shape index (κ3) is 5.76. The van der Waals surface area contributed by atoms with Gasteiger partial charge in [0.1, 0.15) is 16.5 Å². The maximum atomic E-state index is 13.8. The highest BCUT2D eigenvalue weighted by atomic mass is 32.2. The minimum atomic E-state index is -4.09. The zero-order valence-corrected chi connectivity index (χ0v) is 18.6. The van der Waals surface area contributed by atoms with Crippen molar-refractivity contribution in [2.24, 2.45) is 0 Å². The number of carbonyl (C=O) groups excluding carboxylic acids is 1. The number of anilines is 1. The lowest BCUT2D eigenvalue weighted by molar-refractivity contribution is 0.0951. The number of pyridine rings is 1. The Bertz CT molecular complexity index is 1400. The molecule has 3 aromatic carbocycles. The lowest BCUT2D eigenvalue weighted by atomic mass is 10.1. The van der Waals surface area contributed by atoms with E-state index in [9.17, 15) is 17.6 Å². The Hall–Kier alpha value is -4.24. The fourth-order valence-electron chi connectivity index (χ4n) is 3.09. The molecule has 0 radical (unpaired) electrons. The molecule has 0 unspecified atom stereocenters. The number of sulfonamides is 1. The Kier molecular flexibility index (Phi) is 6.84. The Morgan fingerprint density at radius 2 is 1.68 bits per heavy atom. The standard InChI is InChI=1S/C25H20FN3O4S/c26-22-8-1-2-9-23(22)34(31,32)29-20-13-11-19(12-14-20)25(30)28-17-18-6-5-7-21(16-18)33-24-10-3-4-15-27-24/h1-16,29H,17H2,(H,28,30). The van der Waals surface area contributed by atoms with Gasteiger partial charge in [-0.05, 0) is 60.2 Å². The molecule has 0 aliphatic heterocycles. The van der Waals surface area contributed by atoms with Gasteiger partial charge in [0, 0.05) is 30.1 Å². The first-order valence-electron chi connectivity index (χ1n) is 10.2. The topological polar surface area (TPSA) is 97.4 Å². The second-order valence-corrected chi connectivity index (χ2v) is 8.86. The predicted octanol–water partition coefficient (Wildman–Crippen LogP) is 4.74. The van der Waals surface area contributed by atoms with Crippen molar-refractivity contribution in [3.05, 3.63) is 114 Å². The van der Waals surface area contributed by atoms with Crippen LogP contribution in [0.4, 0.5) is 10.1 Å². The summed E-state index contributed by atoms with van der Waals surface area (Å²) in [6.07, 6.45) is 1.63. The van der Waals surface area contributed by atoms with Crippen LogP contribution in [0.1, 0.15) is 15.9 Å². The second kappa shape index (κ2) is 10.1. The molecule has 7 nitrogen and oxygen atoms in total. The average molecular weight is 478 g/mol. The van der Waals surface area contributed by atoms with E-state index in [1.165, 1.54) is 42.5 Å². The zero-order valence-electron chi connectivity index (χ0n) is 17.8. The van der Waals surface area contributed by atoms with Gasteiger partial charge in [0.2, 0.25) is 5.88 Å². The summed E-state index contributed by atoms with van der Waals surface area (Å²) in [5.74, 6) is -0.119. The Labute approximate surface area is 196 Å². The number of halogens is 1. The fraction of sp³-hybridized carbons (Fsp3) is 0.0400. The maximum Gasteiger partial charge on any atom is 0.264 e. The first kappa shape index (κ1) is 22.9. The van der Waals surface area contributed by atoms with Gasteiger partial charge >= 0.3 is 0 Å². The molecule has 34 heavy (non-hydrogen) atoms. The van der Waals surface area contributed by atoms with Gasteiger partial charge in [0.25, 0.3) is 15.9 Å². The van der Waals surface area contributed by atoms with Crippen LogP contribution in [0.2, 0.25) is 0 Å². The number of benzene rings is 3. The van der Waals surface area contributed by atoms with Crippen LogP contribution >= 0.6 is 0 Å². The highest BCUT2D eigenvalue weighted by molar-refractivity contribution is 7.92. The predicted molar refractivity (Wildman–Crippen MR) is 126 cm³/mol. The first-order chi connectivity index (χ1) is 16.4. The Balaban J connectivity index is 1.36. The summed E-state index contributed by atoms with van der Waals surface area (Å²) < 4.78 is 46.6. The Morgan fingerprint density at radius 1 is 0.912 bits per heavy atom. The van der Waals surface area contributed by atoms with Gasteiger partial charge in [-0.25, -0.2) is 17.8 Å². The highest BCUT2D eigenvalue weighted by Crippen LogP contribution is 2.21. The zero-order chi connectivity index (χ0) is 24.0. The van der Waals surface area contributed by atoms with Gasteiger partial charge in [0.05, 0.1) is 0 Å². The van der Waals surface area contributed by atoms with Crippen molar-refractivity contribution in [2.75, 3.05) is 4.72 Å². The molecular formula is C25H20FN3O4S. The van der Waals surface area contributed by atoms with E-state index < -0.39 is 20.7 Å². The summed E-state index contributed by atoms with van der Waals surface area (Å²) in [6, 6.07) is 23.6. The molecule has 4 aromatic rings. The van der Waals surface area contributed by atoms with Crippen LogP contribution < -0.4 is 14.8 Å². The molecular weight excluding hydrogens is 457 g/mol. The largest absolute Gasteiger partial charge is 0.439 e. The minimum absolute atomic E-state index is 0.208. The van der Waals surface area contributed by atoms with Crippen molar-refractivity contribution >= 4 is 21.6 Å². The number of carbonyl (C=O) groups is 1. The number of amides is 1. The van der Waals surface area contributed by atoms with Crippen LogP contribution in [0.5, 0.6) is 11.6 Å². The number of aromatic nitrogens is 1. The van der Waals surface area contributed by atoms with Gasteiger partial charge in [-0.1, -0.05) is 30.3 Å². The van der Waals surface area contributed by atoms with E-state index >= 15 is 0 Å². The van der Waals surface area contributed by atoms with E-state index in [4.69, 9.17) is 4.74 Å². The normalized spacial score (nSPS) is 11.0. The fourth-order valence-corrected chi connectivity index (χ4v) is 4.23. The molecule has 1 heterocycles. The van der Waals surface area contributed by atoms with Crippen LogP contribution in [-0.2, 0) is 16.6 Å². The van der Waals surface area contributed by atoms with Gasteiger partial charge in [-0.3, -0.25) is 9.52 Å². The molecule has 0 aliphatic rings. The van der Waals surface area contributed by atoms with E-state index in [1.54, 1.807) is 30.5 Å². The van der Waals surface area contributed by atoms with E-state index in [1.807, 2.05) is 18.2 Å². The summed E-state index contributed by atoms with van der Waals surface area (Å²) in [5.41, 5.74) is 1.38. The monoisotopic (exact) mass is 477 g/mol. The van der Waals surface area contributed by atoms with Gasteiger partial charge < -0.3 is 10.1 Å². The van der Waals surface area contributed by atoms with E-state index in [2.05, 4.69) is 15.0 Å². The third-order valence-corrected chi connectivity index (χ3v) is 6.15. The number of rotatable bonds is 8. The molecule has 172 valence electrons. The smallest absolute Gasteiger partial charge is 0.264 e. The number of nitrogens with zero attached hydrogens (tertiary/aromatic N) is 1. The summed E-state index contributed by atoms with van der Waals surface area (Å²) in [4.78, 5) is 16.2. The summed E-state index contributed by atoms with van der Waals surface area (Å²) in [7, 11) is -4.09. The van der Waals surface area contributed by atoms with Crippen LogP contribution in [-0.4, -0.2) is 19.3 Å². The third-order valence-electron chi connectivity index (χ3n) is 4.74. The van der Waals surface area contributed by atoms with Crippen molar-refractivity contribution in [1.29, 1.82) is 0 Å². The second-order valence-electron chi connectivity index (χ2n) is 7.21. The summed E-state index contributed by atoms with van der Waals surface area (Å²) in [6.45, 7) is 0.264. The van der Waals surface area contributed by atoms with E-state index in [0.717, 1.165) is 11.6 Å². The quantitative estimate of drug-likeness (QED) is 0.382. The first-order valence-corrected chi connectivity index (χ1v) is 11.7. The van der Waals surface area contributed by atoms with Crippen LogP contribution in [0, 0.1) is 5.82 Å². The van der Waals surface area contributed by atoms with E-state index in [-0.39, 0.29) is 18.1 Å². The van der Waals surface area contributed by atoms with Gasteiger partial charge in [-0.2, -0.15) is 0 Å². The molecule has 9 heteroatoms. The van der Waals surface area contributed by atoms with Gasteiger partial charge in [-0.15, -0.1) is 0 Å². The maximum absolute atomic E-state index is 13.8. The summed E-state index contributed by atoms with van der Waals surface area (Å²) >= 11 is 0. The number of hydrogen-bond donors (Lipinski definition) is 2. The molecule has 0 fully saturated rings. The lowest BCUT2D eigenvalue weighted by Gasteiger charge is -2.10. The van der Waals surface area contributed by atoms with Crippen LogP contribution in [0.25, 0.3) is 0 Å². The lowest BCUT2D eigenvalue weighted by Crippen LogP contribution is -2.22. The molecule has 0 saturated carbocycles. The summed E-state index contributed by atoms with van der Waals surface area (Å²) in [5, 5.41) is 2.81. The SMILES string of the molecule is O=C(NCc1cccc(Oc2ccccn2)c1)c1ccc(NS(=O)(=O)c2ccccc2F)cc1.